The molecule has 128 valence electrons. The topological polar surface area (TPSA) is 67.8 Å². The van der Waals surface area contributed by atoms with Gasteiger partial charge in [0.2, 0.25) is 0 Å². The van der Waals surface area contributed by atoms with Crippen molar-refractivity contribution in [2.45, 2.75) is 20.4 Å². The molecule has 0 aromatic heterocycles. The first-order valence-corrected chi connectivity index (χ1v) is 7.91. The van der Waals surface area contributed by atoms with Gasteiger partial charge in [-0.25, -0.2) is 0 Å². The number of halogens is 1. The highest BCUT2D eigenvalue weighted by Crippen LogP contribution is 2.36. The first-order chi connectivity index (χ1) is 11.5. The third kappa shape index (κ3) is 4.11. The van der Waals surface area contributed by atoms with E-state index in [1.807, 2.05) is 13.8 Å². The van der Waals surface area contributed by atoms with Crippen molar-refractivity contribution in [3.05, 3.63) is 52.0 Å². The molecule has 0 saturated heterocycles. The van der Waals surface area contributed by atoms with Crippen LogP contribution in [0, 0.1) is 6.92 Å². The van der Waals surface area contributed by atoms with Gasteiger partial charge in [-0.1, -0.05) is 17.7 Å². The number of benzene rings is 2. The van der Waals surface area contributed by atoms with Crippen molar-refractivity contribution in [2.24, 2.45) is 0 Å². The Morgan fingerprint density at radius 2 is 2.04 bits per heavy atom. The van der Waals surface area contributed by atoms with Crippen molar-refractivity contribution >= 4 is 17.5 Å². The summed E-state index contributed by atoms with van der Waals surface area (Å²) in [5.41, 5.74) is 1.87. The number of rotatable bonds is 6. The molecule has 2 N–H and O–H groups in total. The Morgan fingerprint density at radius 1 is 1.29 bits per heavy atom. The molecule has 0 atom stereocenters. The molecule has 2 aromatic rings. The predicted octanol–water partition coefficient (Wildman–Crippen LogP) is 3.69. The monoisotopic (exact) mass is 349 g/mol. The summed E-state index contributed by atoms with van der Waals surface area (Å²) in [4.78, 5) is 12.2. The number of carbonyl (C=O) groups excluding carboxylic acids is 1. The van der Waals surface area contributed by atoms with Gasteiger partial charge in [-0.05, 0) is 49.2 Å². The molecule has 0 aliphatic rings. The molecule has 0 aliphatic heterocycles. The third-order valence-corrected chi connectivity index (χ3v) is 3.71. The molecule has 0 unspecified atom stereocenters. The number of ether oxygens (including phenoxy) is 2. The first-order valence-electron chi connectivity index (χ1n) is 7.53. The second kappa shape index (κ2) is 7.93. The van der Waals surface area contributed by atoms with Crippen LogP contribution in [0.5, 0.6) is 17.2 Å². The van der Waals surface area contributed by atoms with Gasteiger partial charge >= 0.3 is 0 Å². The molecule has 6 heteroatoms. The maximum Gasteiger partial charge on any atom is 0.255 e. The minimum atomic E-state index is -0.364. The highest BCUT2D eigenvalue weighted by molar-refractivity contribution is 6.32. The molecule has 2 aromatic carbocycles. The van der Waals surface area contributed by atoms with Crippen molar-refractivity contribution < 1.29 is 19.4 Å². The summed E-state index contributed by atoms with van der Waals surface area (Å²) in [5, 5.41) is 13.0. The Labute approximate surface area is 146 Å². The van der Waals surface area contributed by atoms with Gasteiger partial charge in [0.25, 0.3) is 5.91 Å². The third-order valence-electron chi connectivity index (χ3n) is 3.43. The zero-order chi connectivity index (χ0) is 17.7. The second-order valence-electron chi connectivity index (χ2n) is 5.25. The van der Waals surface area contributed by atoms with Crippen molar-refractivity contribution in [3.63, 3.8) is 0 Å². The van der Waals surface area contributed by atoms with Crippen LogP contribution >= 0.6 is 11.6 Å². The minimum absolute atomic E-state index is 0.0465. The SMILES string of the molecule is CCOc1c(Cl)cc(CNC(=O)c2ccc(C)cc2O)cc1OC. The average molecular weight is 350 g/mol. The fraction of sp³-hybridized carbons (Fsp3) is 0.278. The smallest absolute Gasteiger partial charge is 0.255 e. The molecule has 0 spiro atoms. The van der Waals surface area contributed by atoms with E-state index in [1.165, 1.54) is 7.11 Å². The predicted molar refractivity (Wildman–Crippen MR) is 93.2 cm³/mol. The van der Waals surface area contributed by atoms with Gasteiger partial charge in [0.15, 0.2) is 11.5 Å². The maximum absolute atomic E-state index is 12.2. The average Bonchev–Trinajstić information content (AvgIpc) is 2.54. The molecule has 24 heavy (non-hydrogen) atoms. The normalized spacial score (nSPS) is 10.3. The van der Waals surface area contributed by atoms with Crippen LogP contribution in [0.2, 0.25) is 5.02 Å². The van der Waals surface area contributed by atoms with Crippen LogP contribution in [0.4, 0.5) is 0 Å². The Balaban J connectivity index is 2.14. The number of phenolic OH excluding ortho intramolecular Hbond substituents is 1. The number of amides is 1. The number of hydrogen-bond donors (Lipinski definition) is 2. The van der Waals surface area contributed by atoms with E-state index in [1.54, 1.807) is 30.3 Å². The van der Waals surface area contributed by atoms with Crippen molar-refractivity contribution in [1.82, 2.24) is 5.32 Å². The van der Waals surface area contributed by atoms with Gasteiger partial charge < -0.3 is 19.9 Å². The van der Waals surface area contributed by atoms with Crippen LogP contribution in [-0.4, -0.2) is 24.7 Å². The second-order valence-corrected chi connectivity index (χ2v) is 5.65. The molecule has 0 heterocycles. The number of hydrogen-bond acceptors (Lipinski definition) is 4. The molecule has 0 radical (unpaired) electrons. The molecule has 0 saturated carbocycles. The van der Waals surface area contributed by atoms with E-state index >= 15 is 0 Å². The largest absolute Gasteiger partial charge is 0.507 e. The standard InChI is InChI=1S/C18H20ClNO4/c1-4-24-17-14(19)8-12(9-16(17)23-3)10-20-18(22)13-6-5-11(2)7-15(13)21/h5-9,21H,4,10H2,1-3H3,(H,20,22). The number of nitrogens with one attached hydrogen (secondary N) is 1. The molecule has 0 aliphatic carbocycles. The number of aryl methyl sites for hydroxylation is 1. The fourth-order valence-corrected chi connectivity index (χ4v) is 2.56. The molecule has 2 rings (SSSR count). The molecule has 5 nitrogen and oxygen atoms in total. The lowest BCUT2D eigenvalue weighted by Crippen LogP contribution is -2.23. The number of carbonyl (C=O) groups is 1. The van der Waals surface area contributed by atoms with Gasteiger partial charge in [0.1, 0.15) is 5.75 Å². The summed E-state index contributed by atoms with van der Waals surface area (Å²) in [6.45, 7) is 4.42. The van der Waals surface area contributed by atoms with E-state index in [4.69, 9.17) is 21.1 Å². The highest BCUT2D eigenvalue weighted by atomic mass is 35.5. The van der Waals surface area contributed by atoms with Crippen LogP contribution in [-0.2, 0) is 6.54 Å². The zero-order valence-electron chi connectivity index (χ0n) is 13.9. The summed E-state index contributed by atoms with van der Waals surface area (Å²) >= 11 is 6.21. The molecular weight excluding hydrogens is 330 g/mol. The summed E-state index contributed by atoms with van der Waals surface area (Å²) in [6.07, 6.45) is 0. The first kappa shape index (κ1) is 17.9. The molecule has 0 fully saturated rings. The van der Waals surface area contributed by atoms with Crippen molar-refractivity contribution in [3.8, 4) is 17.2 Å². The molecular formula is C18H20ClNO4. The van der Waals surface area contributed by atoms with Gasteiger partial charge in [-0.2, -0.15) is 0 Å². The molecule has 1 amide bonds. The Hall–Kier alpha value is -2.40. The summed E-state index contributed by atoms with van der Waals surface area (Å²) < 4.78 is 10.7. The van der Waals surface area contributed by atoms with Crippen LogP contribution in [0.1, 0.15) is 28.4 Å². The Bertz CT molecular complexity index is 746. The van der Waals surface area contributed by atoms with Gasteiger partial charge in [0, 0.05) is 6.54 Å². The fourth-order valence-electron chi connectivity index (χ4n) is 2.27. The summed E-state index contributed by atoms with van der Waals surface area (Å²) in [5.74, 6) is 0.575. The Morgan fingerprint density at radius 3 is 2.67 bits per heavy atom. The minimum Gasteiger partial charge on any atom is -0.507 e. The van der Waals surface area contributed by atoms with Gasteiger partial charge in [0.05, 0.1) is 24.3 Å². The number of phenols is 1. The number of aromatic hydroxyl groups is 1. The van der Waals surface area contributed by atoms with Gasteiger partial charge in [-0.15, -0.1) is 0 Å². The zero-order valence-corrected chi connectivity index (χ0v) is 14.6. The van der Waals surface area contributed by atoms with Crippen molar-refractivity contribution in [1.29, 1.82) is 0 Å². The van der Waals surface area contributed by atoms with E-state index in [0.29, 0.717) is 23.1 Å². The van der Waals surface area contributed by atoms with Gasteiger partial charge in [-0.3, -0.25) is 4.79 Å². The van der Waals surface area contributed by atoms with E-state index in [9.17, 15) is 9.90 Å². The van der Waals surface area contributed by atoms with E-state index in [2.05, 4.69) is 5.32 Å². The van der Waals surface area contributed by atoms with Crippen molar-refractivity contribution in [2.75, 3.05) is 13.7 Å². The van der Waals surface area contributed by atoms with Crippen LogP contribution in [0.15, 0.2) is 30.3 Å². The lowest BCUT2D eigenvalue weighted by Gasteiger charge is -2.14. The highest BCUT2D eigenvalue weighted by Gasteiger charge is 2.14. The summed E-state index contributed by atoms with van der Waals surface area (Å²) in [6, 6.07) is 8.37. The Kier molecular flexibility index (Phi) is 5.93. The molecule has 0 bridgehead atoms. The van der Waals surface area contributed by atoms with E-state index in [0.717, 1.165) is 11.1 Å². The lowest BCUT2D eigenvalue weighted by molar-refractivity contribution is 0.0948. The number of methoxy groups -OCH3 is 1. The maximum atomic E-state index is 12.2. The summed E-state index contributed by atoms with van der Waals surface area (Å²) in [7, 11) is 1.53. The van der Waals surface area contributed by atoms with E-state index in [-0.39, 0.29) is 23.8 Å². The van der Waals surface area contributed by atoms with Crippen LogP contribution in [0.25, 0.3) is 0 Å². The van der Waals surface area contributed by atoms with Crippen LogP contribution in [0.3, 0.4) is 0 Å². The van der Waals surface area contributed by atoms with E-state index < -0.39 is 0 Å². The quantitative estimate of drug-likeness (QED) is 0.834. The lowest BCUT2D eigenvalue weighted by atomic mass is 10.1. The van der Waals surface area contributed by atoms with Crippen LogP contribution < -0.4 is 14.8 Å².